The van der Waals surface area contributed by atoms with E-state index in [2.05, 4.69) is 25.7 Å². The molecule has 0 bridgehead atoms. The second-order valence-electron chi connectivity index (χ2n) is 16.4. The van der Waals surface area contributed by atoms with Gasteiger partial charge in [-0.3, -0.25) is 24.0 Å². The Hall–Kier alpha value is -3.82. The van der Waals surface area contributed by atoms with E-state index in [1.165, 1.54) is 6.08 Å². The number of carbonyl (C=O) groups excluding carboxylic acids is 6. The summed E-state index contributed by atoms with van der Waals surface area (Å²) in [5.74, 6) is -3.70. The Morgan fingerprint density at radius 1 is 0.960 bits per heavy atom. The molecule has 1 N–H and O–H groups in total. The Bertz CT molecular complexity index is 1450. The summed E-state index contributed by atoms with van der Waals surface area (Å²) in [6.45, 7) is 17.1. The Morgan fingerprint density at radius 2 is 1.60 bits per heavy atom. The Labute approximate surface area is 297 Å². The molecule has 1 heterocycles. The zero-order valence-corrected chi connectivity index (χ0v) is 30.9. The molecule has 1 unspecified atom stereocenters. The zero-order valence-electron chi connectivity index (χ0n) is 30.9. The highest BCUT2D eigenvalue weighted by molar-refractivity contribution is 6.38. The van der Waals surface area contributed by atoms with Gasteiger partial charge in [-0.25, -0.2) is 4.79 Å². The van der Waals surface area contributed by atoms with E-state index in [1.807, 2.05) is 30.3 Å². The van der Waals surface area contributed by atoms with Crippen molar-refractivity contribution in [3.8, 4) is 0 Å². The number of nitrogens with one attached hydrogen (secondary N) is 1. The Balaban J connectivity index is 1.45. The number of amides is 2. The monoisotopic (exact) mass is 692 g/mol. The quantitative estimate of drug-likeness (QED) is 0.125. The minimum absolute atomic E-state index is 0.0814. The number of ketones is 3. The molecule has 2 saturated carbocycles. The normalized spacial score (nSPS) is 22.8. The number of allylic oxidation sites excluding steroid dienone is 1. The van der Waals surface area contributed by atoms with E-state index in [1.54, 1.807) is 39.5 Å². The fourth-order valence-electron chi connectivity index (χ4n) is 7.99. The van der Waals surface area contributed by atoms with E-state index in [9.17, 15) is 28.8 Å². The van der Waals surface area contributed by atoms with E-state index in [-0.39, 0.29) is 60.5 Å². The average Bonchev–Trinajstić information content (AvgIpc) is 3.36. The molecule has 10 nitrogen and oxygen atoms in total. The average molecular weight is 693 g/mol. The number of esters is 1. The molecule has 2 amide bonds. The maximum atomic E-state index is 14.4. The molecule has 3 fully saturated rings. The van der Waals surface area contributed by atoms with Crippen molar-refractivity contribution < 1.29 is 38.2 Å². The number of hydrogen-bond donors (Lipinski definition) is 1. The number of benzene rings is 1. The molecule has 0 radical (unpaired) electrons. The van der Waals surface area contributed by atoms with E-state index in [0.717, 1.165) is 37.7 Å². The topological polar surface area (TPSA) is 136 Å². The van der Waals surface area contributed by atoms with Crippen molar-refractivity contribution in [3.63, 3.8) is 0 Å². The van der Waals surface area contributed by atoms with Gasteiger partial charge < -0.3 is 19.7 Å². The molecule has 5 atom stereocenters. The van der Waals surface area contributed by atoms with Crippen LogP contribution < -0.4 is 5.32 Å². The summed E-state index contributed by atoms with van der Waals surface area (Å²) in [4.78, 5) is 82.3. The standard InChI is InChI=1S/C40H56N2O8/c1-9-16-26(35(46)29(43)21-22-31(45)49-40(7,8)27-19-14-11-15-20-27)23-30(44)34-32-28(39(32,5)6)24-42(34)36(47)33(25-17-12-10-13-18-25)41-37(48)50-38(2,3)4/h9,11,14-15,19-20,25-26,28,32-34H,1,10,12-13,16-18,21-24H2,2-8H3,(H,41,48)/t26?,28-,32-,33-,34+/m0/s1. The van der Waals surface area contributed by atoms with Crippen molar-refractivity contribution in [1.29, 1.82) is 0 Å². The first kappa shape index (κ1) is 39.0. The van der Waals surface area contributed by atoms with Gasteiger partial charge >= 0.3 is 12.1 Å². The van der Waals surface area contributed by atoms with Crippen molar-refractivity contribution >= 4 is 35.3 Å². The number of Topliss-reactive ketones (excluding diaryl/α,β-unsaturated/α-hetero) is 3. The number of alkyl carbamates (subject to hydrolysis) is 1. The highest BCUT2D eigenvalue weighted by Crippen LogP contribution is 2.65. The van der Waals surface area contributed by atoms with Crippen LogP contribution in [0.25, 0.3) is 0 Å². The van der Waals surface area contributed by atoms with E-state index in [4.69, 9.17) is 9.47 Å². The van der Waals surface area contributed by atoms with Crippen LogP contribution in [0, 0.1) is 29.1 Å². The summed E-state index contributed by atoms with van der Waals surface area (Å²) in [5, 5.41) is 2.86. The maximum absolute atomic E-state index is 14.4. The second kappa shape index (κ2) is 15.6. The molecule has 10 heteroatoms. The lowest BCUT2D eigenvalue weighted by Crippen LogP contribution is -2.57. The summed E-state index contributed by atoms with van der Waals surface area (Å²) < 4.78 is 11.2. The van der Waals surface area contributed by atoms with E-state index >= 15 is 0 Å². The Morgan fingerprint density at radius 3 is 2.20 bits per heavy atom. The van der Waals surface area contributed by atoms with Crippen molar-refractivity contribution in [2.45, 2.75) is 130 Å². The zero-order chi connectivity index (χ0) is 37.0. The number of likely N-dealkylation sites (tertiary alicyclic amines) is 1. The van der Waals surface area contributed by atoms with Gasteiger partial charge in [0.05, 0.1) is 12.5 Å². The molecular weight excluding hydrogens is 636 g/mol. The van der Waals surface area contributed by atoms with Crippen LogP contribution in [0.15, 0.2) is 43.0 Å². The minimum Gasteiger partial charge on any atom is -0.455 e. The lowest BCUT2D eigenvalue weighted by molar-refractivity contribution is -0.158. The van der Waals surface area contributed by atoms with Gasteiger partial charge in [0.25, 0.3) is 0 Å². The van der Waals surface area contributed by atoms with Crippen LogP contribution in [0.2, 0.25) is 0 Å². The lowest BCUT2D eigenvalue weighted by atomic mass is 9.82. The molecule has 0 spiro atoms. The van der Waals surface area contributed by atoms with Crippen LogP contribution in [0.3, 0.4) is 0 Å². The number of carbonyl (C=O) groups is 6. The van der Waals surface area contributed by atoms with Crippen LogP contribution >= 0.6 is 0 Å². The van der Waals surface area contributed by atoms with Gasteiger partial charge in [0, 0.05) is 25.3 Å². The van der Waals surface area contributed by atoms with Gasteiger partial charge in [-0.2, -0.15) is 0 Å². The predicted molar refractivity (Wildman–Crippen MR) is 189 cm³/mol. The van der Waals surface area contributed by atoms with Crippen molar-refractivity contribution in [1.82, 2.24) is 10.2 Å². The van der Waals surface area contributed by atoms with Crippen LogP contribution in [0.1, 0.15) is 112 Å². The highest BCUT2D eigenvalue weighted by atomic mass is 16.6. The van der Waals surface area contributed by atoms with Crippen molar-refractivity contribution in [2.75, 3.05) is 6.54 Å². The first-order valence-electron chi connectivity index (χ1n) is 18.2. The van der Waals surface area contributed by atoms with Crippen LogP contribution in [0.4, 0.5) is 4.79 Å². The summed E-state index contributed by atoms with van der Waals surface area (Å²) in [6, 6.07) is 7.62. The third-order valence-electron chi connectivity index (χ3n) is 10.8. The second-order valence-corrected chi connectivity index (χ2v) is 16.4. The molecule has 0 aromatic heterocycles. The molecule has 1 aliphatic heterocycles. The van der Waals surface area contributed by atoms with E-state index < -0.39 is 52.8 Å². The number of ether oxygens (including phenoxy) is 2. The van der Waals surface area contributed by atoms with Gasteiger partial charge in [-0.05, 0) is 82.6 Å². The van der Waals surface area contributed by atoms with Gasteiger partial charge in [0.2, 0.25) is 11.7 Å². The van der Waals surface area contributed by atoms with Gasteiger partial charge in [0.1, 0.15) is 17.2 Å². The number of nitrogens with zero attached hydrogens (tertiary/aromatic N) is 1. The fourth-order valence-corrected chi connectivity index (χ4v) is 7.99. The summed E-state index contributed by atoms with van der Waals surface area (Å²) in [6.07, 6.45) is 4.63. The van der Waals surface area contributed by atoms with Gasteiger partial charge in [-0.15, -0.1) is 6.58 Å². The molecular formula is C40H56N2O8. The first-order chi connectivity index (χ1) is 23.4. The molecule has 1 aromatic rings. The molecule has 50 heavy (non-hydrogen) atoms. The SMILES string of the molecule is C=CCC(CC(=O)[C@@H]1[C@@H]2[C@H](CN1C(=O)[C@@H](NC(=O)OC(C)(C)C)C1CCCCC1)C2(C)C)C(=O)C(=O)CCC(=O)OC(C)(C)c1ccccc1. The first-order valence-corrected chi connectivity index (χ1v) is 18.2. The molecule has 1 saturated heterocycles. The molecule has 1 aromatic carbocycles. The largest absolute Gasteiger partial charge is 0.455 e. The summed E-state index contributed by atoms with van der Waals surface area (Å²) >= 11 is 0. The van der Waals surface area contributed by atoms with Crippen LogP contribution in [-0.2, 0) is 39.0 Å². The predicted octanol–water partition coefficient (Wildman–Crippen LogP) is 6.49. The van der Waals surface area contributed by atoms with Crippen LogP contribution in [0.5, 0.6) is 0 Å². The molecule has 4 rings (SSSR count). The summed E-state index contributed by atoms with van der Waals surface area (Å²) in [5.41, 5.74) is -1.03. The van der Waals surface area contributed by atoms with Crippen molar-refractivity contribution in [2.24, 2.45) is 29.1 Å². The van der Waals surface area contributed by atoms with Gasteiger partial charge in [-0.1, -0.05) is 69.5 Å². The number of fused-ring (bicyclic) bond motifs is 1. The molecule has 3 aliphatic rings. The number of rotatable bonds is 15. The third-order valence-corrected chi connectivity index (χ3v) is 10.8. The Kier molecular flexibility index (Phi) is 12.2. The highest BCUT2D eigenvalue weighted by Gasteiger charge is 2.69. The third kappa shape index (κ3) is 9.29. The number of hydrogen-bond acceptors (Lipinski definition) is 8. The minimum atomic E-state index is -0.962. The number of piperidine rings is 1. The molecule has 274 valence electrons. The smallest absolute Gasteiger partial charge is 0.408 e. The summed E-state index contributed by atoms with van der Waals surface area (Å²) in [7, 11) is 0. The lowest BCUT2D eigenvalue weighted by Gasteiger charge is -2.37. The van der Waals surface area contributed by atoms with Gasteiger partial charge in [0.15, 0.2) is 11.6 Å². The maximum Gasteiger partial charge on any atom is 0.408 e. The van der Waals surface area contributed by atoms with E-state index in [0.29, 0.717) is 6.54 Å². The fraction of sp³-hybridized carbons (Fsp3) is 0.650. The van der Waals surface area contributed by atoms with Crippen LogP contribution in [-0.4, -0.2) is 64.4 Å². The van der Waals surface area contributed by atoms with Crippen molar-refractivity contribution in [3.05, 3.63) is 48.6 Å². The molecule has 2 aliphatic carbocycles.